The van der Waals surface area contributed by atoms with Crippen molar-refractivity contribution in [2.75, 3.05) is 19.6 Å². The van der Waals surface area contributed by atoms with Crippen molar-refractivity contribution in [3.05, 3.63) is 12.3 Å². The molecule has 2 nitrogen and oxygen atoms in total. The van der Waals surface area contributed by atoms with Crippen LogP contribution in [-0.4, -0.2) is 30.6 Å². The summed E-state index contributed by atoms with van der Waals surface area (Å²) in [6.07, 6.45) is 8.36. The van der Waals surface area contributed by atoms with Crippen LogP contribution in [0.4, 0.5) is 0 Å². The highest BCUT2D eigenvalue weighted by molar-refractivity contribution is 4.96. The first-order valence-electron chi connectivity index (χ1n) is 8.69. The van der Waals surface area contributed by atoms with Gasteiger partial charge in [-0.15, -0.1) is 0 Å². The maximum Gasteiger partial charge on any atom is 0.0375 e. The molecule has 1 N–H and O–H groups in total. The van der Waals surface area contributed by atoms with E-state index in [4.69, 9.17) is 0 Å². The van der Waals surface area contributed by atoms with Crippen LogP contribution in [0.3, 0.4) is 0 Å². The summed E-state index contributed by atoms with van der Waals surface area (Å²) in [5.74, 6) is 1.87. The molecular formula is C18H36N2. The molecule has 0 aromatic carbocycles. The highest BCUT2D eigenvalue weighted by atomic mass is 15.1. The van der Waals surface area contributed by atoms with E-state index in [1.54, 1.807) is 0 Å². The van der Waals surface area contributed by atoms with Crippen LogP contribution in [0.1, 0.15) is 66.2 Å². The van der Waals surface area contributed by atoms with E-state index in [-0.39, 0.29) is 0 Å². The lowest BCUT2D eigenvalue weighted by atomic mass is 9.82. The zero-order valence-electron chi connectivity index (χ0n) is 14.3. The minimum Gasteiger partial charge on any atom is -0.386 e. The molecule has 0 radical (unpaired) electrons. The van der Waals surface area contributed by atoms with Gasteiger partial charge in [0, 0.05) is 18.3 Å². The van der Waals surface area contributed by atoms with Crippen LogP contribution in [0.5, 0.6) is 0 Å². The van der Waals surface area contributed by atoms with Gasteiger partial charge in [0.25, 0.3) is 0 Å². The third-order valence-electron chi connectivity index (χ3n) is 4.61. The van der Waals surface area contributed by atoms with E-state index < -0.39 is 0 Å². The van der Waals surface area contributed by atoms with E-state index in [1.807, 2.05) is 0 Å². The van der Waals surface area contributed by atoms with Gasteiger partial charge in [0.1, 0.15) is 0 Å². The highest BCUT2D eigenvalue weighted by Gasteiger charge is 2.23. The predicted octanol–water partition coefficient (Wildman–Crippen LogP) is 4.43. The van der Waals surface area contributed by atoms with Crippen molar-refractivity contribution < 1.29 is 0 Å². The molecule has 118 valence electrons. The number of nitrogens with zero attached hydrogens (tertiary/aromatic N) is 1. The van der Waals surface area contributed by atoms with E-state index in [9.17, 15) is 0 Å². The van der Waals surface area contributed by atoms with Crippen molar-refractivity contribution >= 4 is 0 Å². The zero-order chi connectivity index (χ0) is 15.0. The normalized spacial score (nSPS) is 19.2. The first kappa shape index (κ1) is 17.6. The van der Waals surface area contributed by atoms with Crippen LogP contribution in [0, 0.1) is 11.8 Å². The first-order valence-corrected chi connectivity index (χ1v) is 8.69. The quantitative estimate of drug-likeness (QED) is 0.629. The van der Waals surface area contributed by atoms with Gasteiger partial charge in [0.2, 0.25) is 0 Å². The van der Waals surface area contributed by atoms with Crippen molar-refractivity contribution in [3.8, 4) is 0 Å². The lowest BCUT2D eigenvalue weighted by Gasteiger charge is -2.35. The molecule has 0 bridgehead atoms. The molecule has 1 heterocycles. The lowest BCUT2D eigenvalue weighted by molar-refractivity contribution is 0.154. The second kappa shape index (κ2) is 9.44. The molecule has 0 aliphatic carbocycles. The number of likely N-dealkylation sites (tertiary alicyclic amines) is 1. The van der Waals surface area contributed by atoms with E-state index in [2.05, 4.69) is 44.5 Å². The summed E-state index contributed by atoms with van der Waals surface area (Å²) >= 11 is 0. The molecule has 1 aliphatic heterocycles. The molecule has 1 atom stereocenters. The van der Waals surface area contributed by atoms with Gasteiger partial charge >= 0.3 is 0 Å². The minimum absolute atomic E-state index is 0.499. The molecule has 1 aliphatic rings. The average Bonchev–Trinajstić information content (AvgIpc) is 2.38. The number of rotatable bonds is 9. The van der Waals surface area contributed by atoms with Crippen LogP contribution >= 0.6 is 0 Å². The van der Waals surface area contributed by atoms with Crippen LogP contribution in [-0.2, 0) is 0 Å². The first-order chi connectivity index (χ1) is 9.52. The van der Waals surface area contributed by atoms with Gasteiger partial charge in [0.15, 0.2) is 0 Å². The number of unbranched alkanes of at least 4 members (excludes halogenated alkanes) is 2. The Morgan fingerprint density at radius 3 is 2.40 bits per heavy atom. The van der Waals surface area contributed by atoms with E-state index >= 15 is 0 Å². The van der Waals surface area contributed by atoms with Crippen molar-refractivity contribution in [1.82, 2.24) is 10.2 Å². The summed E-state index contributed by atoms with van der Waals surface area (Å²) in [6, 6.07) is 0.499. The number of nitrogens with one attached hydrogen (secondary N) is 1. The third-order valence-corrected chi connectivity index (χ3v) is 4.61. The van der Waals surface area contributed by atoms with Gasteiger partial charge in [-0.3, -0.25) is 4.90 Å². The second-order valence-electron chi connectivity index (χ2n) is 6.99. The summed E-state index contributed by atoms with van der Waals surface area (Å²) < 4.78 is 0. The molecule has 2 heteroatoms. The monoisotopic (exact) mass is 280 g/mol. The van der Waals surface area contributed by atoms with Crippen molar-refractivity contribution in [2.45, 2.75) is 72.3 Å². The Morgan fingerprint density at radius 2 is 1.85 bits per heavy atom. The Morgan fingerprint density at radius 1 is 1.20 bits per heavy atom. The van der Waals surface area contributed by atoms with E-state index in [0.29, 0.717) is 6.04 Å². The van der Waals surface area contributed by atoms with Crippen LogP contribution in [0.25, 0.3) is 0 Å². The van der Waals surface area contributed by atoms with Crippen LogP contribution < -0.4 is 5.32 Å². The molecule has 0 aromatic rings. The van der Waals surface area contributed by atoms with Gasteiger partial charge in [-0.1, -0.05) is 46.1 Å². The van der Waals surface area contributed by atoms with Gasteiger partial charge in [0.05, 0.1) is 0 Å². The largest absolute Gasteiger partial charge is 0.386 e. The fourth-order valence-corrected chi connectivity index (χ4v) is 3.36. The molecule has 1 saturated heterocycles. The molecule has 1 fully saturated rings. The maximum atomic E-state index is 4.14. The van der Waals surface area contributed by atoms with Crippen molar-refractivity contribution in [1.29, 1.82) is 0 Å². The SMILES string of the molecule is C=C(CN1CCC(C(C)CCCCC)CC1)NC(C)C. The summed E-state index contributed by atoms with van der Waals surface area (Å²) in [6.45, 7) is 16.8. The average molecular weight is 280 g/mol. The molecule has 20 heavy (non-hydrogen) atoms. The zero-order valence-corrected chi connectivity index (χ0v) is 14.3. The Hall–Kier alpha value is -0.500. The Labute approximate surface area is 127 Å². The lowest BCUT2D eigenvalue weighted by Crippen LogP contribution is -2.39. The fraction of sp³-hybridized carbons (Fsp3) is 0.889. The Bertz CT molecular complexity index is 265. The molecule has 1 rings (SSSR count). The molecule has 0 aromatic heterocycles. The summed E-state index contributed by atoms with van der Waals surface area (Å²) in [5.41, 5.74) is 1.18. The third kappa shape index (κ3) is 6.78. The van der Waals surface area contributed by atoms with Gasteiger partial charge in [-0.2, -0.15) is 0 Å². The molecule has 1 unspecified atom stereocenters. The fourth-order valence-electron chi connectivity index (χ4n) is 3.36. The number of piperidine rings is 1. The van der Waals surface area contributed by atoms with E-state index in [1.165, 1.54) is 57.3 Å². The van der Waals surface area contributed by atoms with E-state index in [0.717, 1.165) is 18.4 Å². The molecular weight excluding hydrogens is 244 g/mol. The standard InChI is InChI=1S/C18H36N2/c1-6-7-8-9-16(4)18-10-12-20(13-11-18)14-17(5)19-15(2)3/h15-16,18-19H,5-14H2,1-4H3. The smallest absolute Gasteiger partial charge is 0.0375 e. The van der Waals surface area contributed by atoms with Gasteiger partial charge in [-0.25, -0.2) is 0 Å². The van der Waals surface area contributed by atoms with Gasteiger partial charge in [-0.05, 0) is 51.6 Å². The number of hydrogen-bond acceptors (Lipinski definition) is 2. The second-order valence-corrected chi connectivity index (χ2v) is 6.99. The molecule has 0 spiro atoms. The molecule has 0 saturated carbocycles. The van der Waals surface area contributed by atoms with Gasteiger partial charge < -0.3 is 5.32 Å². The summed E-state index contributed by atoms with van der Waals surface area (Å²) in [5, 5.41) is 3.42. The van der Waals surface area contributed by atoms with Crippen LogP contribution in [0.2, 0.25) is 0 Å². The topological polar surface area (TPSA) is 15.3 Å². The summed E-state index contributed by atoms with van der Waals surface area (Å²) in [4.78, 5) is 2.56. The van der Waals surface area contributed by atoms with Crippen LogP contribution in [0.15, 0.2) is 12.3 Å². The van der Waals surface area contributed by atoms with Crippen molar-refractivity contribution in [3.63, 3.8) is 0 Å². The predicted molar refractivity (Wildman–Crippen MR) is 89.9 cm³/mol. The Balaban J connectivity index is 2.20. The summed E-state index contributed by atoms with van der Waals surface area (Å²) in [7, 11) is 0. The molecule has 0 amide bonds. The van der Waals surface area contributed by atoms with Crippen molar-refractivity contribution in [2.24, 2.45) is 11.8 Å². The minimum atomic E-state index is 0.499. The Kier molecular flexibility index (Phi) is 8.28. The number of hydrogen-bond donors (Lipinski definition) is 1. The maximum absolute atomic E-state index is 4.14. The highest BCUT2D eigenvalue weighted by Crippen LogP contribution is 2.28.